The molecule has 0 bridgehead atoms. The molecule has 0 fully saturated rings. The van der Waals surface area contributed by atoms with Crippen molar-refractivity contribution in [1.29, 1.82) is 0 Å². The number of hydrogen-bond acceptors (Lipinski definition) is 6. The lowest BCUT2D eigenvalue weighted by molar-refractivity contribution is -0.385. The van der Waals surface area contributed by atoms with Gasteiger partial charge in [0.2, 0.25) is 11.6 Å². The Hall–Kier alpha value is -2.22. The lowest BCUT2D eigenvalue weighted by Gasteiger charge is -2.08. The molecule has 0 aliphatic carbocycles. The molecule has 2 rings (SSSR count). The van der Waals surface area contributed by atoms with E-state index in [4.69, 9.17) is 10.5 Å². The zero-order valence-corrected chi connectivity index (χ0v) is 11.4. The van der Waals surface area contributed by atoms with Gasteiger partial charge in [0.1, 0.15) is 5.82 Å². The highest BCUT2D eigenvalue weighted by Crippen LogP contribution is 2.36. The van der Waals surface area contributed by atoms with Crippen molar-refractivity contribution in [2.45, 2.75) is 6.92 Å². The maximum absolute atomic E-state index is 11.0. The van der Waals surface area contributed by atoms with Crippen LogP contribution in [-0.2, 0) is 0 Å². The second-order valence-electron chi connectivity index (χ2n) is 3.71. The third-order valence-electron chi connectivity index (χ3n) is 2.25. The quantitative estimate of drug-likeness (QED) is 0.687. The third-order valence-corrected chi connectivity index (χ3v) is 2.71. The van der Waals surface area contributed by atoms with E-state index in [0.717, 1.165) is 0 Å². The molecule has 0 saturated heterocycles. The molecule has 7 nitrogen and oxygen atoms in total. The minimum atomic E-state index is -0.521. The molecule has 98 valence electrons. The molecule has 0 unspecified atom stereocenters. The Kier molecular flexibility index (Phi) is 3.61. The Balaban J connectivity index is 2.47. The predicted octanol–water partition coefficient (Wildman–Crippen LogP) is 2.83. The highest BCUT2D eigenvalue weighted by atomic mass is 79.9. The van der Waals surface area contributed by atoms with Crippen LogP contribution in [0.15, 0.2) is 29.0 Å². The normalized spacial score (nSPS) is 10.2. The fourth-order valence-corrected chi connectivity index (χ4v) is 2.06. The standard InChI is InChI=1S/C11H9BrN4O3/c1-6-2-7(12)3-8(16(17)18)11(6)19-10-5-14-4-9(13)15-10/h2-5H,1H3,(H2,13,15). The van der Waals surface area contributed by atoms with E-state index in [-0.39, 0.29) is 23.1 Å². The minimum Gasteiger partial charge on any atom is -0.430 e. The predicted molar refractivity (Wildman–Crippen MR) is 72.1 cm³/mol. The first kappa shape index (κ1) is 13.2. The van der Waals surface area contributed by atoms with Crippen molar-refractivity contribution in [3.05, 3.63) is 44.7 Å². The van der Waals surface area contributed by atoms with E-state index >= 15 is 0 Å². The van der Waals surface area contributed by atoms with Crippen molar-refractivity contribution in [3.63, 3.8) is 0 Å². The summed E-state index contributed by atoms with van der Waals surface area (Å²) >= 11 is 3.20. The Labute approximate surface area is 116 Å². The second kappa shape index (κ2) is 5.19. The number of benzene rings is 1. The molecule has 0 radical (unpaired) electrons. The maximum Gasteiger partial charge on any atom is 0.313 e. The summed E-state index contributed by atoms with van der Waals surface area (Å²) in [5.41, 5.74) is 5.92. The first-order chi connectivity index (χ1) is 8.97. The van der Waals surface area contributed by atoms with Crippen LogP contribution in [-0.4, -0.2) is 14.9 Å². The van der Waals surface area contributed by atoms with Crippen LogP contribution in [0.5, 0.6) is 11.6 Å². The summed E-state index contributed by atoms with van der Waals surface area (Å²) in [5, 5.41) is 11.0. The lowest BCUT2D eigenvalue weighted by Crippen LogP contribution is -1.99. The minimum absolute atomic E-state index is 0.105. The summed E-state index contributed by atoms with van der Waals surface area (Å²) < 4.78 is 6.02. The van der Waals surface area contributed by atoms with Gasteiger partial charge in [-0.05, 0) is 13.0 Å². The van der Waals surface area contributed by atoms with Gasteiger partial charge in [0.25, 0.3) is 0 Å². The molecular formula is C11H9BrN4O3. The SMILES string of the molecule is Cc1cc(Br)cc([N+](=O)[O-])c1Oc1cncc(N)n1. The molecule has 1 aromatic carbocycles. The van der Waals surface area contributed by atoms with E-state index in [0.29, 0.717) is 10.0 Å². The molecule has 0 atom stereocenters. The van der Waals surface area contributed by atoms with Crippen LogP contribution in [0.4, 0.5) is 11.5 Å². The second-order valence-corrected chi connectivity index (χ2v) is 4.63. The van der Waals surface area contributed by atoms with Crippen LogP contribution < -0.4 is 10.5 Å². The van der Waals surface area contributed by atoms with E-state index in [2.05, 4.69) is 25.9 Å². The van der Waals surface area contributed by atoms with Crippen LogP contribution in [0, 0.1) is 17.0 Å². The van der Waals surface area contributed by atoms with E-state index in [9.17, 15) is 10.1 Å². The zero-order chi connectivity index (χ0) is 14.0. The molecule has 0 aliphatic rings. The smallest absolute Gasteiger partial charge is 0.313 e. The molecule has 2 aromatic rings. The topological polar surface area (TPSA) is 104 Å². The average molecular weight is 325 g/mol. The van der Waals surface area contributed by atoms with E-state index in [1.165, 1.54) is 18.5 Å². The van der Waals surface area contributed by atoms with Gasteiger partial charge in [-0.3, -0.25) is 15.1 Å². The summed E-state index contributed by atoms with van der Waals surface area (Å²) in [7, 11) is 0. The van der Waals surface area contributed by atoms with Gasteiger partial charge in [-0.1, -0.05) is 15.9 Å². The fourth-order valence-electron chi connectivity index (χ4n) is 1.50. The summed E-state index contributed by atoms with van der Waals surface area (Å²) in [6.45, 7) is 1.70. The van der Waals surface area contributed by atoms with Crippen molar-refractivity contribution in [2.75, 3.05) is 5.73 Å². The molecule has 1 aromatic heterocycles. The van der Waals surface area contributed by atoms with Gasteiger partial charge in [0.05, 0.1) is 17.3 Å². The Morgan fingerprint density at radius 3 is 2.79 bits per heavy atom. The van der Waals surface area contributed by atoms with Crippen LogP contribution >= 0.6 is 15.9 Å². The Bertz CT molecular complexity index is 648. The van der Waals surface area contributed by atoms with Gasteiger partial charge in [0.15, 0.2) is 0 Å². The largest absolute Gasteiger partial charge is 0.430 e. The van der Waals surface area contributed by atoms with Crippen molar-refractivity contribution >= 4 is 27.4 Å². The van der Waals surface area contributed by atoms with Crippen LogP contribution in [0.3, 0.4) is 0 Å². The molecular weight excluding hydrogens is 316 g/mol. The number of rotatable bonds is 3. The average Bonchev–Trinajstić information content (AvgIpc) is 2.32. The number of halogens is 1. The number of nitro benzene ring substituents is 1. The highest BCUT2D eigenvalue weighted by Gasteiger charge is 2.20. The number of nitrogens with two attached hydrogens (primary N) is 1. The number of anilines is 1. The van der Waals surface area contributed by atoms with Crippen molar-refractivity contribution in [3.8, 4) is 11.6 Å². The zero-order valence-electron chi connectivity index (χ0n) is 9.83. The van der Waals surface area contributed by atoms with Crippen LogP contribution in [0.1, 0.15) is 5.56 Å². The van der Waals surface area contributed by atoms with E-state index in [1.54, 1.807) is 13.0 Å². The van der Waals surface area contributed by atoms with Crippen LogP contribution in [0.25, 0.3) is 0 Å². The summed E-state index contributed by atoms with van der Waals surface area (Å²) in [4.78, 5) is 18.2. The number of nitro groups is 1. The number of hydrogen-bond donors (Lipinski definition) is 1. The number of nitrogens with zero attached hydrogens (tertiary/aromatic N) is 3. The van der Waals surface area contributed by atoms with Gasteiger partial charge in [-0.15, -0.1) is 0 Å². The number of aromatic nitrogens is 2. The van der Waals surface area contributed by atoms with Crippen molar-refractivity contribution in [1.82, 2.24) is 9.97 Å². The first-order valence-electron chi connectivity index (χ1n) is 5.17. The van der Waals surface area contributed by atoms with Crippen LogP contribution in [0.2, 0.25) is 0 Å². The van der Waals surface area contributed by atoms with Gasteiger partial charge in [0, 0.05) is 16.1 Å². The van der Waals surface area contributed by atoms with Crippen molar-refractivity contribution in [2.24, 2.45) is 0 Å². The molecule has 0 spiro atoms. The number of aryl methyl sites for hydroxylation is 1. The Morgan fingerprint density at radius 2 is 2.16 bits per heavy atom. The third kappa shape index (κ3) is 2.97. The number of nitrogen functional groups attached to an aromatic ring is 1. The molecule has 0 amide bonds. The molecule has 19 heavy (non-hydrogen) atoms. The molecule has 8 heteroatoms. The van der Waals surface area contributed by atoms with Gasteiger partial charge < -0.3 is 10.5 Å². The monoisotopic (exact) mass is 324 g/mol. The maximum atomic E-state index is 11.0. The summed E-state index contributed by atoms with van der Waals surface area (Å²) in [6, 6.07) is 3.07. The highest BCUT2D eigenvalue weighted by molar-refractivity contribution is 9.10. The van der Waals surface area contributed by atoms with E-state index < -0.39 is 4.92 Å². The van der Waals surface area contributed by atoms with E-state index in [1.807, 2.05) is 0 Å². The summed E-state index contributed by atoms with van der Waals surface area (Å²) in [6.07, 6.45) is 2.69. The fraction of sp³-hybridized carbons (Fsp3) is 0.0909. The van der Waals surface area contributed by atoms with Gasteiger partial charge in [-0.2, -0.15) is 4.98 Å². The summed E-state index contributed by atoms with van der Waals surface area (Å²) in [5.74, 6) is 0.400. The number of ether oxygens (including phenoxy) is 1. The molecule has 2 N–H and O–H groups in total. The lowest BCUT2D eigenvalue weighted by atomic mass is 10.2. The molecule has 0 aliphatic heterocycles. The van der Waals surface area contributed by atoms with Gasteiger partial charge in [-0.25, -0.2) is 0 Å². The first-order valence-corrected chi connectivity index (χ1v) is 5.96. The van der Waals surface area contributed by atoms with Crippen molar-refractivity contribution < 1.29 is 9.66 Å². The molecule has 1 heterocycles. The molecule has 0 saturated carbocycles. The van der Waals surface area contributed by atoms with Gasteiger partial charge >= 0.3 is 5.69 Å². The Morgan fingerprint density at radius 1 is 1.42 bits per heavy atom.